The standard InChI is InChI=1S/C27H27FN4O2/c28-21-8-6-20(7-9-21)26-23-17-22(30-25(33)16-19-4-2-1-3-5-19)10-11-24(23)32(31-26)18-27(34)12-14-29-15-13-27/h1-11,17,29,34H,12-16,18H2,(H,30,33). The number of anilines is 1. The predicted molar refractivity (Wildman–Crippen MR) is 131 cm³/mol. The Morgan fingerprint density at radius 2 is 1.79 bits per heavy atom. The number of nitrogens with one attached hydrogen (secondary N) is 2. The van der Waals surface area contributed by atoms with Crippen LogP contribution in [0.25, 0.3) is 22.2 Å². The minimum Gasteiger partial charge on any atom is -0.388 e. The largest absolute Gasteiger partial charge is 0.388 e. The molecule has 1 fully saturated rings. The third-order valence-electron chi connectivity index (χ3n) is 6.34. The molecule has 0 atom stereocenters. The van der Waals surface area contributed by atoms with Crippen LogP contribution < -0.4 is 10.6 Å². The number of carbonyl (C=O) groups excluding carboxylic acids is 1. The van der Waals surface area contributed by atoms with Crippen LogP contribution in [0.15, 0.2) is 72.8 Å². The summed E-state index contributed by atoms with van der Waals surface area (Å²) < 4.78 is 15.4. The summed E-state index contributed by atoms with van der Waals surface area (Å²) in [5.74, 6) is -0.421. The Hall–Kier alpha value is -3.55. The van der Waals surface area contributed by atoms with Crippen molar-refractivity contribution >= 4 is 22.5 Å². The monoisotopic (exact) mass is 458 g/mol. The summed E-state index contributed by atoms with van der Waals surface area (Å²) in [6, 6.07) is 21.5. The number of hydrogen-bond acceptors (Lipinski definition) is 4. The van der Waals surface area contributed by atoms with Gasteiger partial charge in [-0.25, -0.2) is 4.39 Å². The van der Waals surface area contributed by atoms with E-state index in [-0.39, 0.29) is 18.1 Å². The van der Waals surface area contributed by atoms with Crippen LogP contribution in [0.1, 0.15) is 18.4 Å². The van der Waals surface area contributed by atoms with Gasteiger partial charge in [0.05, 0.1) is 24.1 Å². The Labute approximate surface area is 197 Å². The zero-order chi connectivity index (χ0) is 23.5. The molecule has 7 heteroatoms. The summed E-state index contributed by atoms with van der Waals surface area (Å²) in [5, 5.41) is 23.0. The number of aromatic nitrogens is 2. The molecule has 174 valence electrons. The van der Waals surface area contributed by atoms with Crippen LogP contribution in [-0.4, -0.2) is 39.5 Å². The number of rotatable bonds is 6. The molecular weight excluding hydrogens is 431 g/mol. The van der Waals surface area contributed by atoms with Crippen molar-refractivity contribution in [2.75, 3.05) is 18.4 Å². The van der Waals surface area contributed by atoms with E-state index < -0.39 is 5.60 Å². The summed E-state index contributed by atoms with van der Waals surface area (Å²) in [4.78, 5) is 12.6. The Morgan fingerprint density at radius 3 is 2.53 bits per heavy atom. The molecule has 6 nitrogen and oxygen atoms in total. The van der Waals surface area contributed by atoms with Gasteiger partial charge >= 0.3 is 0 Å². The maximum atomic E-state index is 13.6. The van der Waals surface area contributed by atoms with Gasteiger partial charge in [0, 0.05) is 16.6 Å². The van der Waals surface area contributed by atoms with Crippen molar-refractivity contribution in [2.45, 2.75) is 31.4 Å². The first-order valence-electron chi connectivity index (χ1n) is 11.5. The van der Waals surface area contributed by atoms with E-state index in [1.54, 1.807) is 12.1 Å². The Kier molecular flexibility index (Phi) is 6.13. The first-order valence-corrected chi connectivity index (χ1v) is 11.5. The number of carbonyl (C=O) groups is 1. The van der Waals surface area contributed by atoms with E-state index >= 15 is 0 Å². The van der Waals surface area contributed by atoms with Crippen molar-refractivity contribution in [3.8, 4) is 11.3 Å². The lowest BCUT2D eigenvalue weighted by Crippen LogP contribution is -2.44. The summed E-state index contributed by atoms with van der Waals surface area (Å²) in [5.41, 5.74) is 3.08. The molecule has 1 saturated heterocycles. The van der Waals surface area contributed by atoms with Gasteiger partial charge in [0.25, 0.3) is 0 Å². The summed E-state index contributed by atoms with van der Waals surface area (Å²) >= 11 is 0. The summed E-state index contributed by atoms with van der Waals surface area (Å²) in [6.45, 7) is 1.89. The van der Waals surface area contributed by atoms with Gasteiger partial charge in [-0.05, 0) is 74.0 Å². The van der Waals surface area contributed by atoms with E-state index in [2.05, 4.69) is 10.6 Å². The molecular formula is C27H27FN4O2. The summed E-state index contributed by atoms with van der Waals surface area (Å²) in [6.07, 6.45) is 1.58. The average molecular weight is 459 g/mol. The number of piperidine rings is 1. The molecule has 1 aromatic heterocycles. The number of nitrogens with zero attached hydrogens (tertiary/aromatic N) is 2. The maximum absolute atomic E-state index is 13.6. The summed E-state index contributed by atoms with van der Waals surface area (Å²) in [7, 11) is 0. The molecule has 0 radical (unpaired) electrons. The normalized spacial score (nSPS) is 15.4. The van der Waals surface area contributed by atoms with Crippen molar-refractivity contribution in [3.63, 3.8) is 0 Å². The smallest absolute Gasteiger partial charge is 0.228 e. The average Bonchev–Trinajstić information content (AvgIpc) is 3.17. The number of halogens is 1. The molecule has 3 N–H and O–H groups in total. The number of hydrogen-bond donors (Lipinski definition) is 3. The third kappa shape index (κ3) is 4.85. The molecule has 5 rings (SSSR count). The van der Waals surface area contributed by atoms with Gasteiger partial charge < -0.3 is 15.7 Å². The molecule has 2 heterocycles. The molecule has 4 aromatic rings. The fourth-order valence-electron chi connectivity index (χ4n) is 4.51. The lowest BCUT2D eigenvalue weighted by Gasteiger charge is -2.32. The van der Waals surface area contributed by atoms with Gasteiger partial charge in [0.1, 0.15) is 11.5 Å². The highest BCUT2D eigenvalue weighted by Gasteiger charge is 2.31. The first-order chi connectivity index (χ1) is 16.5. The zero-order valence-electron chi connectivity index (χ0n) is 18.8. The molecule has 34 heavy (non-hydrogen) atoms. The highest BCUT2D eigenvalue weighted by Crippen LogP contribution is 2.32. The first kappa shape index (κ1) is 22.3. The van der Waals surface area contributed by atoms with Crippen molar-refractivity contribution < 1.29 is 14.3 Å². The van der Waals surface area contributed by atoms with Gasteiger partial charge in [-0.15, -0.1) is 0 Å². The van der Waals surface area contributed by atoms with Gasteiger partial charge in [-0.3, -0.25) is 9.48 Å². The minimum absolute atomic E-state index is 0.106. The van der Waals surface area contributed by atoms with Gasteiger partial charge in [0.2, 0.25) is 5.91 Å². The number of aliphatic hydroxyl groups is 1. The number of benzene rings is 3. The Bertz CT molecular complexity index is 1300. The van der Waals surface area contributed by atoms with Crippen molar-refractivity contribution in [1.82, 2.24) is 15.1 Å². The van der Waals surface area contributed by atoms with Crippen molar-refractivity contribution in [3.05, 3.63) is 84.2 Å². The van der Waals surface area contributed by atoms with E-state index in [1.165, 1.54) is 12.1 Å². The van der Waals surface area contributed by atoms with Gasteiger partial charge in [-0.1, -0.05) is 30.3 Å². The number of amides is 1. The van der Waals surface area contributed by atoms with Crippen molar-refractivity contribution in [1.29, 1.82) is 0 Å². The molecule has 1 aliphatic rings. The van der Waals surface area contributed by atoms with Gasteiger partial charge in [-0.2, -0.15) is 5.10 Å². The molecule has 0 saturated carbocycles. The number of fused-ring (bicyclic) bond motifs is 1. The highest BCUT2D eigenvalue weighted by atomic mass is 19.1. The second-order valence-electron chi connectivity index (χ2n) is 8.93. The van der Waals surface area contributed by atoms with Gasteiger partial charge in [0.15, 0.2) is 0 Å². The van der Waals surface area contributed by atoms with E-state index in [0.717, 1.165) is 35.1 Å². The van der Waals surface area contributed by atoms with E-state index in [0.29, 0.717) is 30.8 Å². The van der Waals surface area contributed by atoms with Crippen LogP contribution in [-0.2, 0) is 17.8 Å². The van der Waals surface area contributed by atoms with Crippen LogP contribution in [0.5, 0.6) is 0 Å². The molecule has 0 aliphatic carbocycles. The van der Waals surface area contributed by atoms with E-state index in [1.807, 2.05) is 53.2 Å². The molecule has 1 amide bonds. The second-order valence-corrected chi connectivity index (χ2v) is 8.93. The fraction of sp³-hybridized carbons (Fsp3) is 0.259. The Balaban J connectivity index is 1.49. The quantitative estimate of drug-likeness (QED) is 0.406. The molecule has 3 aromatic carbocycles. The van der Waals surface area contributed by atoms with Crippen LogP contribution in [0.2, 0.25) is 0 Å². The van der Waals surface area contributed by atoms with Crippen LogP contribution in [0.4, 0.5) is 10.1 Å². The second kappa shape index (κ2) is 9.37. The fourth-order valence-corrected chi connectivity index (χ4v) is 4.51. The van der Waals surface area contributed by atoms with Crippen LogP contribution >= 0.6 is 0 Å². The SMILES string of the molecule is O=C(Cc1ccccc1)Nc1ccc2c(c1)c(-c1ccc(F)cc1)nn2CC1(O)CCNCC1. The third-order valence-corrected chi connectivity index (χ3v) is 6.34. The lowest BCUT2D eigenvalue weighted by molar-refractivity contribution is -0.115. The predicted octanol–water partition coefficient (Wildman–Crippen LogP) is 4.14. The lowest BCUT2D eigenvalue weighted by atomic mass is 9.92. The highest BCUT2D eigenvalue weighted by molar-refractivity contribution is 5.99. The molecule has 0 unspecified atom stereocenters. The Morgan fingerprint density at radius 1 is 1.06 bits per heavy atom. The topological polar surface area (TPSA) is 79.2 Å². The zero-order valence-corrected chi connectivity index (χ0v) is 18.8. The van der Waals surface area contributed by atoms with E-state index in [4.69, 9.17) is 5.10 Å². The van der Waals surface area contributed by atoms with Crippen LogP contribution in [0, 0.1) is 5.82 Å². The van der Waals surface area contributed by atoms with E-state index in [9.17, 15) is 14.3 Å². The maximum Gasteiger partial charge on any atom is 0.228 e. The molecule has 0 bridgehead atoms. The van der Waals surface area contributed by atoms with Crippen LogP contribution in [0.3, 0.4) is 0 Å². The molecule has 1 aliphatic heterocycles. The molecule has 0 spiro atoms. The minimum atomic E-state index is -0.840. The van der Waals surface area contributed by atoms with Crippen molar-refractivity contribution in [2.24, 2.45) is 0 Å².